The summed E-state index contributed by atoms with van der Waals surface area (Å²) in [5.41, 5.74) is 3.16. The van der Waals surface area contributed by atoms with Crippen molar-refractivity contribution in [3.8, 4) is 0 Å². The number of pyridine rings is 1. The van der Waals surface area contributed by atoms with Gasteiger partial charge in [0.2, 0.25) is 0 Å². The average Bonchev–Trinajstić information content (AvgIpc) is 3.62. The predicted octanol–water partition coefficient (Wildman–Crippen LogP) is 6.35. The number of ether oxygens (including phenoxy) is 1. The van der Waals surface area contributed by atoms with Crippen LogP contribution >= 0.6 is 11.3 Å². The quantitative estimate of drug-likeness (QED) is 0.133. The zero-order valence-corrected chi connectivity index (χ0v) is 29.8. The molecule has 46 heavy (non-hydrogen) atoms. The molecule has 0 spiro atoms. The molecule has 2 fully saturated rings. The van der Waals surface area contributed by atoms with Gasteiger partial charge in [0.15, 0.2) is 0 Å². The van der Waals surface area contributed by atoms with Gasteiger partial charge in [-0.1, -0.05) is 39.6 Å². The highest BCUT2D eigenvalue weighted by Gasteiger charge is 2.35. The van der Waals surface area contributed by atoms with Crippen molar-refractivity contribution in [3.05, 3.63) is 47.4 Å². The summed E-state index contributed by atoms with van der Waals surface area (Å²) in [6.07, 6.45) is 7.89. The fourth-order valence-corrected chi connectivity index (χ4v) is 8.81. The largest absolute Gasteiger partial charge is 0.360 e. The van der Waals surface area contributed by atoms with Crippen LogP contribution < -0.4 is 5.32 Å². The Bertz CT molecular complexity index is 1720. The molecule has 12 heteroatoms. The highest BCUT2D eigenvalue weighted by atomic mass is 32.1. The van der Waals surface area contributed by atoms with Gasteiger partial charge in [-0.15, -0.1) is 11.3 Å². The molecule has 0 aliphatic carbocycles. The molecule has 2 amide bonds. The number of anilines is 1. The third-order valence-electron chi connectivity index (χ3n) is 9.51. The van der Waals surface area contributed by atoms with Crippen molar-refractivity contribution < 1.29 is 14.3 Å². The highest BCUT2D eigenvalue weighted by Crippen LogP contribution is 2.39. The molecule has 2 aliphatic heterocycles. The lowest BCUT2D eigenvalue weighted by molar-refractivity contribution is -0.146. The van der Waals surface area contributed by atoms with Crippen LogP contribution in [0.1, 0.15) is 55.6 Å². The maximum Gasteiger partial charge on any atom is 0.314 e. The number of aromatic nitrogens is 4. The Hall–Kier alpha value is -3.19. The fourth-order valence-electron chi connectivity index (χ4n) is 6.84. The Labute approximate surface area is 276 Å². The van der Waals surface area contributed by atoms with Gasteiger partial charge in [0.1, 0.15) is 6.73 Å². The first-order valence-corrected chi connectivity index (χ1v) is 21.1. The molecule has 2 aliphatic rings. The van der Waals surface area contributed by atoms with E-state index < -0.39 is 19.9 Å². The van der Waals surface area contributed by atoms with E-state index in [0.717, 1.165) is 54.9 Å². The Kier molecular flexibility index (Phi) is 9.61. The second kappa shape index (κ2) is 13.5. The van der Waals surface area contributed by atoms with Crippen molar-refractivity contribution >= 4 is 58.0 Å². The lowest BCUT2D eigenvalue weighted by Gasteiger charge is -2.38. The van der Waals surface area contributed by atoms with Gasteiger partial charge in [-0.05, 0) is 68.4 Å². The SMILES string of the molecule is C[C@H]1CC[C@H](c2ccc3sc(C4CCN(C)C[C@@H]4C)nc3c2)N(C(=O)C(=O)Nc2cncc3cnn(COCC[Si](C)(C)C)c23)C1. The summed E-state index contributed by atoms with van der Waals surface area (Å²) in [4.78, 5) is 41.0. The number of nitrogens with one attached hydrogen (secondary N) is 1. The molecule has 246 valence electrons. The lowest BCUT2D eigenvalue weighted by Crippen LogP contribution is -2.46. The van der Waals surface area contributed by atoms with Crippen LogP contribution in [0.4, 0.5) is 5.69 Å². The first-order chi connectivity index (χ1) is 22.0. The number of carbonyl (C=O) groups is 2. The molecule has 0 bridgehead atoms. The van der Waals surface area contributed by atoms with Crippen LogP contribution in [0.5, 0.6) is 0 Å². The zero-order valence-electron chi connectivity index (χ0n) is 28.0. The van der Waals surface area contributed by atoms with E-state index in [4.69, 9.17) is 9.72 Å². The van der Waals surface area contributed by atoms with Crippen molar-refractivity contribution in [3.63, 3.8) is 0 Å². The van der Waals surface area contributed by atoms with Crippen LogP contribution in [0, 0.1) is 11.8 Å². The number of benzene rings is 1. The van der Waals surface area contributed by atoms with E-state index in [1.807, 2.05) is 0 Å². The number of piperidine rings is 2. The van der Waals surface area contributed by atoms with Crippen molar-refractivity contribution in [1.29, 1.82) is 0 Å². The summed E-state index contributed by atoms with van der Waals surface area (Å²) >= 11 is 1.79. The fraction of sp³-hybridized carbons (Fsp3) is 0.559. The maximum atomic E-state index is 13.9. The highest BCUT2D eigenvalue weighted by molar-refractivity contribution is 7.18. The normalized spacial score (nSPS) is 22.9. The number of carbonyl (C=O) groups excluding carboxylic acids is 2. The summed E-state index contributed by atoms with van der Waals surface area (Å²) in [5, 5.41) is 9.32. The van der Waals surface area contributed by atoms with E-state index >= 15 is 0 Å². The van der Waals surface area contributed by atoms with E-state index in [2.05, 4.69) is 79.0 Å². The Balaban J connectivity index is 1.19. The van der Waals surface area contributed by atoms with Gasteiger partial charge in [0, 0.05) is 45.3 Å². The molecule has 0 saturated carbocycles. The van der Waals surface area contributed by atoms with Gasteiger partial charge in [-0.25, -0.2) is 9.67 Å². The van der Waals surface area contributed by atoms with Crippen molar-refractivity contribution in [1.82, 2.24) is 29.5 Å². The molecule has 4 aromatic rings. The van der Waals surface area contributed by atoms with E-state index in [1.165, 1.54) is 9.71 Å². The van der Waals surface area contributed by atoms with E-state index in [-0.39, 0.29) is 12.8 Å². The van der Waals surface area contributed by atoms with Crippen LogP contribution in [0.3, 0.4) is 0 Å². The summed E-state index contributed by atoms with van der Waals surface area (Å²) in [6, 6.07) is 7.26. The van der Waals surface area contributed by atoms with Crippen molar-refractivity contribution in [2.75, 3.05) is 38.6 Å². The molecule has 5 heterocycles. The van der Waals surface area contributed by atoms with Crippen LogP contribution in [-0.2, 0) is 21.1 Å². The summed E-state index contributed by atoms with van der Waals surface area (Å²) in [6.45, 7) is 15.0. The van der Waals surface area contributed by atoms with Crippen molar-refractivity contribution in [2.45, 2.75) is 77.5 Å². The molecular weight excluding hydrogens is 615 g/mol. The zero-order chi connectivity index (χ0) is 32.6. The van der Waals surface area contributed by atoms with Crippen molar-refractivity contribution in [2.24, 2.45) is 11.8 Å². The second-order valence-corrected chi connectivity index (χ2v) is 21.3. The Morgan fingerprint density at radius 1 is 1.09 bits per heavy atom. The van der Waals surface area contributed by atoms with Crippen LogP contribution in [-0.4, -0.2) is 82.7 Å². The molecule has 6 rings (SSSR count). The molecule has 0 radical (unpaired) electrons. The van der Waals surface area contributed by atoms with Crippen LogP contribution in [0.15, 0.2) is 36.8 Å². The maximum absolute atomic E-state index is 13.9. The summed E-state index contributed by atoms with van der Waals surface area (Å²) in [5.74, 6) is 0.126. The van der Waals surface area contributed by atoms with Gasteiger partial charge in [0.25, 0.3) is 0 Å². The van der Waals surface area contributed by atoms with E-state index in [0.29, 0.717) is 42.1 Å². The smallest absolute Gasteiger partial charge is 0.314 e. The topological polar surface area (TPSA) is 105 Å². The number of rotatable bonds is 8. The van der Waals surface area contributed by atoms with Crippen LogP contribution in [0.25, 0.3) is 21.1 Å². The molecule has 2 saturated heterocycles. The van der Waals surface area contributed by atoms with Gasteiger partial charge in [-0.3, -0.25) is 14.6 Å². The average molecular weight is 662 g/mol. The Morgan fingerprint density at radius 3 is 2.70 bits per heavy atom. The minimum atomic E-state index is -1.22. The molecular formula is C34H47N7O3SSi. The number of fused-ring (bicyclic) bond motifs is 2. The third kappa shape index (κ3) is 7.19. The second-order valence-electron chi connectivity index (χ2n) is 14.6. The van der Waals surface area contributed by atoms with E-state index in [9.17, 15) is 9.59 Å². The number of hydrogen-bond donors (Lipinski definition) is 1. The first-order valence-electron chi connectivity index (χ1n) is 16.5. The molecule has 3 aromatic heterocycles. The van der Waals surface area contributed by atoms with Gasteiger partial charge in [0.05, 0.1) is 44.9 Å². The van der Waals surface area contributed by atoms with Gasteiger partial charge >= 0.3 is 11.8 Å². The predicted molar refractivity (Wildman–Crippen MR) is 187 cm³/mol. The number of hydrogen-bond acceptors (Lipinski definition) is 8. The number of likely N-dealkylation sites (tertiary alicyclic amines) is 2. The lowest BCUT2D eigenvalue weighted by atomic mass is 9.87. The first kappa shape index (κ1) is 32.7. The molecule has 1 unspecified atom stereocenters. The Morgan fingerprint density at radius 2 is 1.91 bits per heavy atom. The number of thiazole rings is 1. The standard InChI is InChI=1S/C34H47N7O3SSi/c1-22-7-9-29(24-8-10-30-27(15-24)38-33(45-30)26-11-12-39(3)20-23(26)2)40(19-22)34(43)32(42)37-28-18-35-16-25-17-36-41(31(25)28)21-44-13-14-46(4,5)6/h8,10,15-18,22-23,26,29H,7,9,11-14,19-21H2,1-6H3,(H,37,42)/t22-,23-,26?,29+/m0/s1. The minimum absolute atomic E-state index is 0.189. The summed E-state index contributed by atoms with van der Waals surface area (Å²) < 4.78 is 8.83. The third-order valence-corrected chi connectivity index (χ3v) is 12.4. The number of amides is 2. The van der Waals surface area contributed by atoms with Gasteiger partial charge in [-0.2, -0.15) is 5.10 Å². The number of nitrogens with zero attached hydrogens (tertiary/aromatic N) is 6. The molecule has 1 aromatic carbocycles. The van der Waals surface area contributed by atoms with Gasteiger partial charge < -0.3 is 19.9 Å². The van der Waals surface area contributed by atoms with Crippen LogP contribution in [0.2, 0.25) is 25.7 Å². The minimum Gasteiger partial charge on any atom is -0.360 e. The molecule has 10 nitrogen and oxygen atoms in total. The molecule has 1 N–H and O–H groups in total. The summed E-state index contributed by atoms with van der Waals surface area (Å²) in [7, 11) is 0.965. The van der Waals surface area contributed by atoms with E-state index in [1.54, 1.807) is 39.5 Å². The monoisotopic (exact) mass is 661 g/mol. The molecule has 4 atom stereocenters.